The molecule has 0 radical (unpaired) electrons. The molecule has 0 saturated carbocycles. The van der Waals surface area contributed by atoms with Crippen molar-refractivity contribution in [3.05, 3.63) is 96.8 Å². The van der Waals surface area contributed by atoms with Crippen molar-refractivity contribution in [3.63, 3.8) is 0 Å². The molecular weight excluding hydrogens is 275 g/mol. The van der Waals surface area contributed by atoms with E-state index in [2.05, 4.69) is 54.6 Å². The maximum absolute atomic E-state index is 9.55. The zero-order valence-electron chi connectivity index (χ0n) is 11.6. The lowest BCUT2D eigenvalue weighted by atomic mass is 10.1. The van der Waals surface area contributed by atoms with Gasteiger partial charge in [-0.05, 0) is 36.4 Å². The summed E-state index contributed by atoms with van der Waals surface area (Å²) in [5.74, 6) is 0. The second-order valence-electron chi connectivity index (χ2n) is 4.69. The lowest BCUT2D eigenvalue weighted by Crippen LogP contribution is -2.14. The molecule has 0 aromatic heterocycles. The average molecular weight is 291 g/mol. The molecule has 1 N–H and O–H groups in total. The van der Waals surface area contributed by atoms with Crippen molar-refractivity contribution in [2.75, 3.05) is 0 Å². The van der Waals surface area contributed by atoms with Crippen molar-refractivity contribution in [1.82, 2.24) is 0 Å². The van der Waals surface area contributed by atoms with Gasteiger partial charge in [0.1, 0.15) is 0 Å². The van der Waals surface area contributed by atoms with Gasteiger partial charge in [-0.25, -0.2) is 0 Å². The van der Waals surface area contributed by atoms with Crippen LogP contribution in [0.25, 0.3) is 0 Å². The summed E-state index contributed by atoms with van der Waals surface area (Å²) in [4.78, 5) is 0. The van der Waals surface area contributed by atoms with Crippen LogP contribution in [-0.4, -0.2) is 10.4 Å². The van der Waals surface area contributed by atoms with Gasteiger partial charge in [-0.1, -0.05) is 48.6 Å². The Bertz CT molecular complexity index is 696. The minimum Gasteiger partial charge on any atom is -0.515 e. The third-order valence-electron chi connectivity index (χ3n) is 3.35. The van der Waals surface area contributed by atoms with Gasteiger partial charge in [0.2, 0.25) is 0 Å². The highest BCUT2D eigenvalue weighted by atomic mass is 31.1. The molecule has 0 aliphatic heterocycles. The molecule has 3 rings (SSSR count). The van der Waals surface area contributed by atoms with Crippen molar-refractivity contribution in [2.24, 2.45) is 0 Å². The van der Waals surface area contributed by atoms with Gasteiger partial charge in [-0.15, -0.1) is 0 Å². The average Bonchev–Trinajstić information content (AvgIpc) is 2.58. The summed E-state index contributed by atoms with van der Waals surface area (Å²) in [7, 11) is -0.664. The van der Waals surface area contributed by atoms with E-state index in [9.17, 15) is 5.11 Å². The Morgan fingerprint density at radius 3 is 1.76 bits per heavy atom. The fraction of sp³-hybridized carbons (Fsp3) is 0. The van der Waals surface area contributed by atoms with Gasteiger partial charge in [0.15, 0.2) is 23.4 Å². The summed E-state index contributed by atoms with van der Waals surface area (Å²) >= 11 is 0. The first-order chi connectivity index (χ1) is 10.4. The number of aliphatic hydroxyl groups is 1. The van der Waals surface area contributed by atoms with Crippen LogP contribution < -0.4 is 10.6 Å². The van der Waals surface area contributed by atoms with E-state index < -0.39 is 7.55 Å². The minimum absolute atomic E-state index is 0.664. The van der Waals surface area contributed by atoms with Gasteiger partial charge in [0.05, 0.1) is 11.8 Å². The lowest BCUT2D eigenvalue weighted by molar-refractivity contribution is 0.471. The van der Waals surface area contributed by atoms with Crippen LogP contribution in [0.4, 0.5) is 0 Å². The van der Waals surface area contributed by atoms with E-state index in [1.165, 1.54) is 22.2 Å². The second kappa shape index (κ2) is 6.39. The molecule has 0 unspecified atom stereocenters. The van der Waals surface area contributed by atoms with E-state index in [0.29, 0.717) is 0 Å². The highest BCUT2D eigenvalue weighted by Gasteiger charge is 2.25. The van der Waals surface area contributed by atoms with Crippen LogP contribution in [0.1, 0.15) is 0 Å². The Hall–Kier alpha value is -2.37. The summed E-state index contributed by atoms with van der Waals surface area (Å²) in [6, 6.07) is 21.0. The number of rotatable bonds is 2. The number of benzene rings is 2. The van der Waals surface area contributed by atoms with Gasteiger partial charge in [0.25, 0.3) is 0 Å². The van der Waals surface area contributed by atoms with Crippen molar-refractivity contribution in [1.29, 1.82) is 0 Å². The van der Waals surface area contributed by atoms with Crippen molar-refractivity contribution < 1.29 is 5.11 Å². The molecular formula is C19H16OP+. The first kappa shape index (κ1) is 13.6. The molecule has 2 aromatic carbocycles. The van der Waals surface area contributed by atoms with E-state index in [1.54, 1.807) is 0 Å². The summed E-state index contributed by atoms with van der Waals surface area (Å²) in [6.45, 7) is 0. The molecule has 2 aromatic rings. The van der Waals surface area contributed by atoms with Crippen LogP contribution >= 0.6 is 7.55 Å². The van der Waals surface area contributed by atoms with Crippen LogP contribution in [-0.2, 0) is 0 Å². The van der Waals surface area contributed by atoms with E-state index >= 15 is 0 Å². The Labute approximate surface area is 126 Å². The Kier molecular flexibility index (Phi) is 4.14. The lowest BCUT2D eigenvalue weighted by Gasteiger charge is -2.05. The zero-order valence-corrected chi connectivity index (χ0v) is 12.4. The molecule has 0 spiro atoms. The summed E-state index contributed by atoms with van der Waals surface area (Å²) in [5.41, 5.74) is 0.885. The molecule has 0 amide bonds. The molecule has 1 aliphatic carbocycles. The molecule has 0 bridgehead atoms. The maximum atomic E-state index is 9.55. The summed E-state index contributed by atoms with van der Waals surface area (Å²) in [5, 5.41) is 13.3. The van der Waals surface area contributed by atoms with Crippen molar-refractivity contribution >= 4 is 23.4 Å². The zero-order chi connectivity index (χ0) is 14.5. The third-order valence-corrected chi connectivity index (χ3v) is 5.86. The van der Waals surface area contributed by atoms with E-state index in [0.717, 1.165) is 5.57 Å². The standard InChI is InChI=1S/C19H15OP/c20-15-16-9-7-8-14-19(16)21(17-10-3-1-4-11-17)18-12-5-2-6-13-18/h1-15H/p+1. The first-order valence-electron chi connectivity index (χ1n) is 6.87. The molecule has 0 saturated heterocycles. The molecule has 0 fully saturated rings. The van der Waals surface area contributed by atoms with Crippen LogP contribution in [0, 0.1) is 0 Å². The van der Waals surface area contributed by atoms with Crippen LogP contribution in [0.5, 0.6) is 0 Å². The van der Waals surface area contributed by atoms with Gasteiger partial charge in [0, 0.05) is 0 Å². The van der Waals surface area contributed by atoms with Crippen molar-refractivity contribution in [2.45, 2.75) is 0 Å². The predicted molar refractivity (Wildman–Crippen MR) is 93.1 cm³/mol. The molecule has 1 nitrogen and oxygen atoms in total. The fourth-order valence-corrected chi connectivity index (χ4v) is 4.80. The number of hydrogen-bond donors (Lipinski definition) is 1. The molecule has 102 valence electrons. The normalized spacial score (nSPS) is 15.4. The Morgan fingerprint density at radius 1 is 0.714 bits per heavy atom. The smallest absolute Gasteiger partial charge is 0.178 e. The number of aliphatic hydroxyl groups excluding tert-OH is 1. The topological polar surface area (TPSA) is 20.2 Å². The number of hydrogen-bond acceptors (Lipinski definition) is 1. The maximum Gasteiger partial charge on any atom is 0.178 e. The fourth-order valence-electron chi connectivity index (χ4n) is 2.38. The second-order valence-corrected chi connectivity index (χ2v) is 6.88. The van der Waals surface area contributed by atoms with Crippen LogP contribution in [0.2, 0.25) is 0 Å². The molecule has 1 aliphatic rings. The quantitative estimate of drug-likeness (QED) is 0.658. The van der Waals surface area contributed by atoms with E-state index in [-0.39, 0.29) is 0 Å². The van der Waals surface area contributed by atoms with E-state index in [4.69, 9.17) is 0 Å². The third kappa shape index (κ3) is 2.89. The summed E-state index contributed by atoms with van der Waals surface area (Å²) in [6.07, 6.45) is 9.25. The predicted octanol–water partition coefficient (Wildman–Crippen LogP) is 3.86. The largest absolute Gasteiger partial charge is 0.515 e. The molecule has 21 heavy (non-hydrogen) atoms. The van der Waals surface area contributed by atoms with Gasteiger partial charge in [-0.2, -0.15) is 0 Å². The Balaban J connectivity index is 2.27. The van der Waals surface area contributed by atoms with Crippen LogP contribution in [0.3, 0.4) is 0 Å². The first-order valence-corrected chi connectivity index (χ1v) is 8.21. The number of allylic oxidation sites excluding steroid dienone is 5. The van der Waals surface area contributed by atoms with Crippen molar-refractivity contribution in [3.8, 4) is 0 Å². The minimum atomic E-state index is -0.664. The van der Waals surface area contributed by atoms with E-state index in [1.807, 2.05) is 30.4 Å². The summed E-state index contributed by atoms with van der Waals surface area (Å²) < 4.78 is 0. The molecule has 2 heteroatoms. The molecule has 0 heterocycles. The Morgan fingerprint density at radius 2 is 1.24 bits per heavy atom. The monoisotopic (exact) mass is 291 g/mol. The highest BCUT2D eigenvalue weighted by Crippen LogP contribution is 2.29. The molecule has 0 atom stereocenters. The highest BCUT2D eigenvalue weighted by molar-refractivity contribution is 7.74. The SMILES string of the molecule is OC=C1C=CC=CC1=[P+](c1ccccc1)c1ccccc1. The van der Waals surface area contributed by atoms with Gasteiger partial charge < -0.3 is 5.11 Å². The van der Waals surface area contributed by atoms with Gasteiger partial charge >= 0.3 is 0 Å². The van der Waals surface area contributed by atoms with Gasteiger partial charge in [-0.3, -0.25) is 0 Å². The van der Waals surface area contributed by atoms with Crippen LogP contribution in [0.15, 0.2) is 96.8 Å².